The molecule has 0 amide bonds. The Kier molecular flexibility index (Phi) is 3.97. The number of hydrogen-bond donors (Lipinski definition) is 0. The number of aryl methyl sites for hydroxylation is 1. The molecule has 0 saturated carbocycles. The first kappa shape index (κ1) is 16.9. The van der Waals surface area contributed by atoms with Gasteiger partial charge >= 0.3 is 17.1 Å². The van der Waals surface area contributed by atoms with E-state index in [1.54, 1.807) is 54.6 Å². The Morgan fingerprint density at radius 1 is 1.04 bits per heavy atom. The number of benzene rings is 2. The van der Waals surface area contributed by atoms with E-state index >= 15 is 0 Å². The molecular formula is C18H12ClN5O3. The van der Waals surface area contributed by atoms with Crippen LogP contribution in [0.3, 0.4) is 0 Å². The first-order valence-electron chi connectivity index (χ1n) is 7.92. The molecule has 0 fully saturated rings. The van der Waals surface area contributed by atoms with Crippen LogP contribution < -0.4 is 16.0 Å². The second-order valence-electron chi connectivity index (χ2n) is 5.79. The maximum absolute atomic E-state index is 13.0. The lowest BCUT2D eigenvalue weighted by Crippen LogP contribution is -2.47. The van der Waals surface area contributed by atoms with E-state index in [1.807, 2.05) is 0 Å². The Morgan fingerprint density at radius 2 is 1.70 bits per heavy atom. The van der Waals surface area contributed by atoms with Crippen LogP contribution in [0, 0.1) is 5.21 Å². The Bertz CT molecular complexity index is 1230. The van der Waals surface area contributed by atoms with E-state index in [1.165, 1.54) is 11.7 Å². The third kappa shape index (κ3) is 2.76. The van der Waals surface area contributed by atoms with Crippen molar-refractivity contribution in [3.8, 4) is 28.6 Å². The smallest absolute Gasteiger partial charge is 0.359 e. The number of aromatic nitrogens is 5. The SMILES string of the molecule is Cn1nc(-c2ccc(Cl)cc2)[n+]([O-])c2c(=O)n(-c3ccccc3)c(=O)nc1-2. The highest BCUT2D eigenvalue weighted by atomic mass is 35.5. The minimum absolute atomic E-state index is 0.00109. The molecular weight excluding hydrogens is 370 g/mol. The van der Waals surface area contributed by atoms with E-state index < -0.39 is 11.2 Å². The zero-order valence-electron chi connectivity index (χ0n) is 14.0. The number of halogens is 1. The van der Waals surface area contributed by atoms with Crippen molar-refractivity contribution in [2.24, 2.45) is 7.05 Å². The minimum Gasteiger partial charge on any atom is -0.710 e. The van der Waals surface area contributed by atoms with Crippen molar-refractivity contribution in [1.82, 2.24) is 19.3 Å². The van der Waals surface area contributed by atoms with Crippen LogP contribution in [0.2, 0.25) is 5.02 Å². The van der Waals surface area contributed by atoms with Gasteiger partial charge in [-0.3, -0.25) is 4.79 Å². The van der Waals surface area contributed by atoms with E-state index in [9.17, 15) is 14.8 Å². The summed E-state index contributed by atoms with van der Waals surface area (Å²) in [5.41, 5.74) is -1.02. The fraction of sp³-hybridized carbons (Fsp3) is 0.0556. The predicted octanol–water partition coefficient (Wildman–Crippen LogP) is 1.38. The first-order valence-corrected chi connectivity index (χ1v) is 8.30. The standard InChI is InChI=1S/C18H12ClN5O3/c1-22-16-14(24(27)15(21-22)11-7-9-12(19)10-8-11)17(25)23(18(26)20-16)13-5-3-2-4-6-13/h2-10H,1H3. The lowest BCUT2D eigenvalue weighted by atomic mass is 10.2. The number of fused-ring (bicyclic) bond motifs is 1. The summed E-state index contributed by atoms with van der Waals surface area (Å²) >= 11 is 5.89. The summed E-state index contributed by atoms with van der Waals surface area (Å²) in [6, 6.07) is 14.8. The molecule has 8 nitrogen and oxygen atoms in total. The van der Waals surface area contributed by atoms with Crippen molar-refractivity contribution < 1.29 is 4.73 Å². The van der Waals surface area contributed by atoms with Gasteiger partial charge in [0.15, 0.2) is 0 Å². The van der Waals surface area contributed by atoms with E-state index in [-0.39, 0.29) is 17.3 Å². The molecule has 0 N–H and O–H groups in total. The number of hydrogen-bond acceptors (Lipinski definition) is 5. The van der Waals surface area contributed by atoms with Crippen LogP contribution in [-0.2, 0) is 7.05 Å². The van der Waals surface area contributed by atoms with Crippen LogP contribution in [0.25, 0.3) is 28.6 Å². The van der Waals surface area contributed by atoms with Gasteiger partial charge in [0.2, 0.25) is 11.5 Å². The third-order valence-electron chi connectivity index (χ3n) is 4.07. The zero-order valence-corrected chi connectivity index (χ0v) is 14.8. The summed E-state index contributed by atoms with van der Waals surface area (Å²) < 4.78 is 2.50. The van der Waals surface area contributed by atoms with Gasteiger partial charge in [0.1, 0.15) is 0 Å². The average molecular weight is 382 g/mol. The number of nitrogens with zero attached hydrogens (tertiary/aromatic N) is 5. The first-order chi connectivity index (χ1) is 13.0. The van der Waals surface area contributed by atoms with Gasteiger partial charge in [-0.2, -0.15) is 9.67 Å². The van der Waals surface area contributed by atoms with Gasteiger partial charge in [0.05, 0.1) is 23.4 Å². The summed E-state index contributed by atoms with van der Waals surface area (Å²) in [5, 5.41) is 17.6. The van der Waals surface area contributed by atoms with Gasteiger partial charge in [-0.25, -0.2) is 14.1 Å². The van der Waals surface area contributed by atoms with E-state index in [0.29, 0.717) is 21.0 Å². The molecule has 134 valence electrons. The van der Waals surface area contributed by atoms with Gasteiger partial charge in [-0.05, 0) is 36.4 Å². The van der Waals surface area contributed by atoms with Crippen LogP contribution in [0.5, 0.6) is 0 Å². The van der Waals surface area contributed by atoms with Crippen molar-refractivity contribution in [3.05, 3.63) is 85.7 Å². The molecule has 0 saturated heterocycles. The largest absolute Gasteiger partial charge is 0.710 e. The van der Waals surface area contributed by atoms with Gasteiger partial charge in [0, 0.05) is 5.02 Å². The lowest BCUT2D eigenvalue weighted by molar-refractivity contribution is -0.587. The molecule has 27 heavy (non-hydrogen) atoms. The zero-order chi connectivity index (χ0) is 19.1. The van der Waals surface area contributed by atoms with Crippen molar-refractivity contribution in [2.45, 2.75) is 0 Å². The fourth-order valence-corrected chi connectivity index (χ4v) is 2.93. The average Bonchev–Trinajstić information content (AvgIpc) is 2.66. The summed E-state index contributed by atoms with van der Waals surface area (Å²) in [5.74, 6) is -0.0938. The lowest BCUT2D eigenvalue weighted by Gasteiger charge is -2.15. The Balaban J connectivity index is 2.08. The second-order valence-corrected chi connectivity index (χ2v) is 6.23. The van der Waals surface area contributed by atoms with Crippen LogP contribution in [0.1, 0.15) is 0 Å². The number of para-hydroxylation sites is 1. The van der Waals surface area contributed by atoms with Crippen molar-refractivity contribution in [1.29, 1.82) is 0 Å². The fourth-order valence-electron chi connectivity index (χ4n) is 2.80. The topological polar surface area (TPSA) is 96.7 Å². The summed E-state index contributed by atoms with van der Waals surface area (Å²) in [6.07, 6.45) is 0. The third-order valence-corrected chi connectivity index (χ3v) is 4.33. The molecule has 2 heterocycles. The predicted molar refractivity (Wildman–Crippen MR) is 98.9 cm³/mol. The number of rotatable bonds is 2. The van der Waals surface area contributed by atoms with Crippen molar-refractivity contribution >= 4 is 11.6 Å². The van der Waals surface area contributed by atoms with E-state index in [2.05, 4.69) is 10.1 Å². The summed E-state index contributed by atoms with van der Waals surface area (Å²) in [6.45, 7) is 0. The van der Waals surface area contributed by atoms with E-state index in [0.717, 1.165) is 4.57 Å². The van der Waals surface area contributed by atoms with E-state index in [4.69, 9.17) is 11.6 Å². The molecule has 4 rings (SSSR count). The van der Waals surface area contributed by atoms with Crippen LogP contribution >= 0.6 is 11.6 Å². The van der Waals surface area contributed by atoms with Crippen LogP contribution in [0.15, 0.2) is 64.2 Å². The summed E-state index contributed by atoms with van der Waals surface area (Å²) in [7, 11) is 1.51. The molecule has 0 aromatic heterocycles. The molecule has 0 atom stereocenters. The summed E-state index contributed by atoms with van der Waals surface area (Å²) in [4.78, 5) is 29.3. The van der Waals surface area contributed by atoms with Crippen LogP contribution in [0.4, 0.5) is 0 Å². The van der Waals surface area contributed by atoms with Gasteiger partial charge in [-0.15, -0.1) is 0 Å². The Labute approximate surface area is 157 Å². The Morgan fingerprint density at radius 3 is 2.37 bits per heavy atom. The van der Waals surface area contributed by atoms with Crippen LogP contribution in [-0.4, -0.2) is 19.3 Å². The Hall–Kier alpha value is -3.52. The highest BCUT2D eigenvalue weighted by Crippen LogP contribution is 2.19. The highest BCUT2D eigenvalue weighted by molar-refractivity contribution is 6.30. The molecule has 2 aliphatic heterocycles. The molecule has 9 heteroatoms. The molecule has 2 aliphatic rings. The monoisotopic (exact) mass is 381 g/mol. The van der Waals surface area contributed by atoms with Gasteiger partial charge in [0.25, 0.3) is 0 Å². The van der Waals surface area contributed by atoms with Gasteiger partial charge in [-0.1, -0.05) is 29.8 Å². The minimum atomic E-state index is -0.782. The molecule has 0 aliphatic carbocycles. The molecule has 0 spiro atoms. The molecule has 2 aromatic rings. The maximum atomic E-state index is 13.0. The second kappa shape index (κ2) is 6.33. The molecule has 2 aromatic carbocycles. The van der Waals surface area contributed by atoms with Crippen molar-refractivity contribution in [2.75, 3.05) is 0 Å². The highest BCUT2D eigenvalue weighted by Gasteiger charge is 2.28. The maximum Gasteiger partial charge on any atom is 0.359 e. The van der Waals surface area contributed by atoms with Gasteiger partial charge < -0.3 is 5.21 Å². The van der Waals surface area contributed by atoms with Crippen molar-refractivity contribution in [3.63, 3.8) is 0 Å². The molecule has 0 bridgehead atoms. The quantitative estimate of drug-likeness (QED) is 0.386. The normalized spacial score (nSPS) is 11.0. The molecule has 0 unspecified atom stereocenters. The molecule has 0 radical (unpaired) electrons.